The third-order valence-electron chi connectivity index (χ3n) is 2.39. The lowest BCUT2D eigenvalue weighted by Crippen LogP contribution is -2.03. The van der Waals surface area contributed by atoms with E-state index in [0.717, 1.165) is 12.0 Å². The second kappa shape index (κ2) is 4.77. The first-order valence-corrected chi connectivity index (χ1v) is 4.64. The van der Waals surface area contributed by atoms with Crippen LogP contribution in [0, 0.1) is 0 Å². The molecule has 1 atom stereocenters. The minimum atomic E-state index is -0.713. The second-order valence-electron chi connectivity index (χ2n) is 3.31. The van der Waals surface area contributed by atoms with Crippen molar-refractivity contribution in [3.63, 3.8) is 0 Å². The molecule has 0 fully saturated rings. The predicted octanol–water partition coefficient (Wildman–Crippen LogP) is 2.83. The van der Waals surface area contributed by atoms with E-state index in [-0.39, 0.29) is 0 Å². The number of rotatable bonds is 3. The molecule has 0 saturated carbocycles. The van der Waals surface area contributed by atoms with Gasteiger partial charge in [0.1, 0.15) is 0 Å². The van der Waals surface area contributed by atoms with E-state index in [0.29, 0.717) is 11.5 Å². The number of hydrogen-bond donors (Lipinski definition) is 1. The Balaban J connectivity index is 2.95. The van der Waals surface area contributed by atoms with E-state index >= 15 is 0 Å². The van der Waals surface area contributed by atoms with Crippen molar-refractivity contribution in [1.82, 2.24) is 0 Å². The topological polar surface area (TPSA) is 46.5 Å². The maximum absolute atomic E-state index is 11.0. The molecule has 0 aliphatic carbocycles. The fourth-order valence-electron chi connectivity index (χ4n) is 1.26. The molecule has 1 aromatic rings. The monoisotopic (exact) mass is 194 g/mol. The van der Waals surface area contributed by atoms with E-state index in [1.165, 1.54) is 0 Å². The summed E-state index contributed by atoms with van der Waals surface area (Å²) in [5.41, 5.74) is 1.46. The maximum Gasteiger partial charge on any atom is 0.372 e. The largest absolute Gasteiger partial charge is 0.372 e. The van der Waals surface area contributed by atoms with Crippen molar-refractivity contribution in [3.05, 3.63) is 35.4 Å². The normalized spacial score (nSPS) is 12.2. The van der Waals surface area contributed by atoms with Gasteiger partial charge in [-0.3, -0.25) is 4.89 Å². The van der Waals surface area contributed by atoms with Crippen LogP contribution < -0.4 is 0 Å². The van der Waals surface area contributed by atoms with Crippen LogP contribution in [0.2, 0.25) is 0 Å². The van der Waals surface area contributed by atoms with E-state index < -0.39 is 5.97 Å². The molecule has 0 bridgehead atoms. The summed E-state index contributed by atoms with van der Waals surface area (Å²) in [4.78, 5) is 14.7. The van der Waals surface area contributed by atoms with Gasteiger partial charge < -0.3 is 0 Å². The van der Waals surface area contributed by atoms with Gasteiger partial charge in [0.05, 0.1) is 5.56 Å². The van der Waals surface area contributed by atoms with Crippen LogP contribution in [0.4, 0.5) is 0 Å². The van der Waals surface area contributed by atoms with Crippen LogP contribution in [-0.2, 0) is 4.89 Å². The average Bonchev–Trinajstić information content (AvgIpc) is 2.27. The molecule has 0 aliphatic rings. The summed E-state index contributed by atoms with van der Waals surface area (Å²) in [6.07, 6.45) is 1.01. The molecule has 76 valence electrons. The van der Waals surface area contributed by atoms with E-state index in [2.05, 4.69) is 18.7 Å². The second-order valence-corrected chi connectivity index (χ2v) is 3.31. The first-order valence-electron chi connectivity index (χ1n) is 4.64. The lowest BCUT2D eigenvalue weighted by atomic mass is 9.97. The predicted molar refractivity (Wildman–Crippen MR) is 53.2 cm³/mol. The van der Waals surface area contributed by atoms with Gasteiger partial charge in [-0.1, -0.05) is 26.0 Å². The van der Waals surface area contributed by atoms with E-state index in [1.807, 2.05) is 6.07 Å². The Morgan fingerprint density at radius 1 is 1.57 bits per heavy atom. The summed E-state index contributed by atoms with van der Waals surface area (Å²) in [6, 6.07) is 7.10. The lowest BCUT2D eigenvalue weighted by molar-refractivity contribution is -0.182. The fourth-order valence-corrected chi connectivity index (χ4v) is 1.26. The summed E-state index contributed by atoms with van der Waals surface area (Å²) in [6.45, 7) is 4.17. The molecule has 1 aromatic carbocycles. The van der Waals surface area contributed by atoms with Gasteiger partial charge in [-0.2, -0.15) is 5.26 Å². The Morgan fingerprint density at radius 3 is 2.86 bits per heavy atom. The summed E-state index contributed by atoms with van der Waals surface area (Å²) in [5, 5.41) is 8.23. The fraction of sp³-hybridized carbons (Fsp3) is 0.364. The van der Waals surface area contributed by atoms with Crippen molar-refractivity contribution < 1.29 is 14.9 Å². The minimum Gasteiger partial charge on any atom is -0.296 e. The SMILES string of the molecule is CCC(C)c1cccc(C(=O)OO)c1. The van der Waals surface area contributed by atoms with E-state index in [4.69, 9.17) is 5.26 Å². The zero-order valence-electron chi connectivity index (χ0n) is 8.36. The third-order valence-corrected chi connectivity index (χ3v) is 2.39. The highest BCUT2D eigenvalue weighted by Crippen LogP contribution is 2.19. The number of benzene rings is 1. The van der Waals surface area contributed by atoms with Crippen molar-refractivity contribution >= 4 is 5.97 Å². The molecular formula is C11H14O3. The molecule has 0 amide bonds. The first kappa shape index (κ1) is 10.7. The zero-order valence-corrected chi connectivity index (χ0v) is 8.36. The van der Waals surface area contributed by atoms with Gasteiger partial charge in [0.25, 0.3) is 0 Å². The molecule has 3 nitrogen and oxygen atoms in total. The first-order chi connectivity index (χ1) is 6.69. The molecule has 0 heterocycles. The van der Waals surface area contributed by atoms with Crippen LogP contribution in [0.5, 0.6) is 0 Å². The molecule has 1 unspecified atom stereocenters. The van der Waals surface area contributed by atoms with E-state index in [1.54, 1.807) is 18.2 Å². The van der Waals surface area contributed by atoms with Crippen LogP contribution in [0.25, 0.3) is 0 Å². The van der Waals surface area contributed by atoms with Gasteiger partial charge in [0, 0.05) is 0 Å². The van der Waals surface area contributed by atoms with Gasteiger partial charge in [0.15, 0.2) is 0 Å². The molecule has 0 aromatic heterocycles. The maximum atomic E-state index is 11.0. The van der Waals surface area contributed by atoms with Crippen molar-refractivity contribution in [2.24, 2.45) is 0 Å². The van der Waals surface area contributed by atoms with Crippen molar-refractivity contribution in [1.29, 1.82) is 0 Å². The van der Waals surface area contributed by atoms with Gasteiger partial charge in [-0.05, 0) is 30.0 Å². The minimum absolute atomic E-state index is 0.380. The highest BCUT2D eigenvalue weighted by Gasteiger charge is 2.09. The summed E-state index contributed by atoms with van der Waals surface area (Å²) < 4.78 is 0. The lowest BCUT2D eigenvalue weighted by Gasteiger charge is -2.09. The van der Waals surface area contributed by atoms with Crippen molar-refractivity contribution in [2.75, 3.05) is 0 Å². The Labute approximate surface area is 83.3 Å². The van der Waals surface area contributed by atoms with Gasteiger partial charge in [-0.25, -0.2) is 4.79 Å². The van der Waals surface area contributed by atoms with Crippen LogP contribution in [0.1, 0.15) is 42.1 Å². The Hall–Kier alpha value is -1.35. The molecule has 0 spiro atoms. The molecule has 1 N–H and O–H groups in total. The summed E-state index contributed by atoms with van der Waals surface area (Å²) >= 11 is 0. The van der Waals surface area contributed by atoms with Gasteiger partial charge in [-0.15, -0.1) is 0 Å². The average molecular weight is 194 g/mol. The standard InChI is InChI=1S/C11H14O3/c1-3-8(2)9-5-4-6-10(7-9)11(12)14-13/h4-8,13H,3H2,1-2H3. The van der Waals surface area contributed by atoms with Crippen LogP contribution in [0.3, 0.4) is 0 Å². The number of carbonyl (C=O) groups excluding carboxylic acids is 1. The van der Waals surface area contributed by atoms with Crippen LogP contribution in [0.15, 0.2) is 24.3 Å². The van der Waals surface area contributed by atoms with Gasteiger partial charge >= 0.3 is 5.97 Å². The zero-order chi connectivity index (χ0) is 10.6. The molecule has 14 heavy (non-hydrogen) atoms. The molecule has 0 aliphatic heterocycles. The highest BCUT2D eigenvalue weighted by molar-refractivity contribution is 5.89. The van der Waals surface area contributed by atoms with Gasteiger partial charge in [0.2, 0.25) is 0 Å². The van der Waals surface area contributed by atoms with Crippen molar-refractivity contribution in [2.45, 2.75) is 26.2 Å². The Morgan fingerprint density at radius 2 is 2.29 bits per heavy atom. The highest BCUT2D eigenvalue weighted by atomic mass is 17.1. The molecule has 0 radical (unpaired) electrons. The smallest absolute Gasteiger partial charge is 0.296 e. The molecular weight excluding hydrogens is 180 g/mol. The van der Waals surface area contributed by atoms with Crippen LogP contribution >= 0.6 is 0 Å². The number of carbonyl (C=O) groups is 1. The third kappa shape index (κ3) is 2.33. The Kier molecular flexibility index (Phi) is 3.65. The van der Waals surface area contributed by atoms with Crippen molar-refractivity contribution in [3.8, 4) is 0 Å². The quantitative estimate of drug-likeness (QED) is 0.594. The van der Waals surface area contributed by atoms with Crippen LogP contribution in [-0.4, -0.2) is 11.2 Å². The number of hydrogen-bond acceptors (Lipinski definition) is 3. The molecule has 1 rings (SSSR count). The summed E-state index contributed by atoms with van der Waals surface area (Å²) in [7, 11) is 0. The van der Waals surface area contributed by atoms with E-state index in [9.17, 15) is 4.79 Å². The Bertz CT molecular complexity index is 320. The molecule has 0 saturated heterocycles. The summed E-state index contributed by atoms with van der Waals surface area (Å²) in [5.74, 6) is -0.309. The molecule has 3 heteroatoms.